The van der Waals surface area contributed by atoms with E-state index in [2.05, 4.69) is 32.2 Å². The Morgan fingerprint density at radius 1 is 1.32 bits per heavy atom. The van der Waals surface area contributed by atoms with Crippen molar-refractivity contribution in [3.05, 3.63) is 28.8 Å². The van der Waals surface area contributed by atoms with Gasteiger partial charge in [0.05, 0.1) is 13.0 Å². The molecule has 122 valence electrons. The van der Waals surface area contributed by atoms with Crippen LogP contribution in [0.5, 0.6) is 5.75 Å². The third kappa shape index (κ3) is 4.23. The molecule has 3 N–H and O–H groups in total. The number of benzene rings is 1. The summed E-state index contributed by atoms with van der Waals surface area (Å²) in [5.41, 5.74) is 9.29. The average molecular weight is 304 g/mol. The number of ether oxygens (including phenoxy) is 1. The normalized spacial score (nSPS) is 20.9. The first-order chi connectivity index (χ1) is 10.5. The SMILES string of the molecule is Cc1cc(C)c(C)c(OCCC(=O)NC2CCCC2CN)c1. The smallest absolute Gasteiger partial charge is 0.223 e. The van der Waals surface area contributed by atoms with Gasteiger partial charge in [-0.3, -0.25) is 4.79 Å². The fourth-order valence-corrected chi connectivity index (χ4v) is 3.19. The van der Waals surface area contributed by atoms with Crippen LogP contribution in [-0.4, -0.2) is 25.1 Å². The van der Waals surface area contributed by atoms with E-state index in [4.69, 9.17) is 10.5 Å². The van der Waals surface area contributed by atoms with E-state index in [0.29, 0.717) is 25.5 Å². The Labute approximate surface area is 133 Å². The molecule has 1 aliphatic rings. The van der Waals surface area contributed by atoms with E-state index >= 15 is 0 Å². The molecule has 0 spiro atoms. The zero-order chi connectivity index (χ0) is 16.1. The van der Waals surface area contributed by atoms with Gasteiger partial charge in [0.2, 0.25) is 5.91 Å². The third-order valence-corrected chi connectivity index (χ3v) is 4.66. The lowest BCUT2D eigenvalue weighted by molar-refractivity contribution is -0.122. The molecule has 1 aliphatic carbocycles. The minimum atomic E-state index is 0.0624. The summed E-state index contributed by atoms with van der Waals surface area (Å²) < 4.78 is 5.80. The standard InChI is InChI=1S/C18H28N2O2/c1-12-9-13(2)14(3)17(10-12)22-8-7-18(21)20-16-6-4-5-15(16)11-19/h9-10,15-16H,4-8,11,19H2,1-3H3,(H,20,21). The summed E-state index contributed by atoms with van der Waals surface area (Å²) >= 11 is 0. The van der Waals surface area contributed by atoms with Crippen molar-refractivity contribution in [3.8, 4) is 5.75 Å². The topological polar surface area (TPSA) is 64.3 Å². The van der Waals surface area contributed by atoms with Crippen molar-refractivity contribution in [2.45, 2.75) is 52.5 Å². The second-order valence-electron chi connectivity index (χ2n) is 6.40. The molecule has 1 aromatic rings. The molecule has 0 aromatic heterocycles. The first kappa shape index (κ1) is 16.8. The highest BCUT2D eigenvalue weighted by Crippen LogP contribution is 2.25. The average Bonchev–Trinajstić information content (AvgIpc) is 2.91. The second kappa shape index (κ2) is 7.63. The van der Waals surface area contributed by atoms with E-state index in [1.165, 1.54) is 11.1 Å². The van der Waals surface area contributed by atoms with Crippen molar-refractivity contribution in [1.82, 2.24) is 5.32 Å². The molecule has 1 saturated carbocycles. The van der Waals surface area contributed by atoms with Gasteiger partial charge < -0.3 is 15.8 Å². The zero-order valence-electron chi connectivity index (χ0n) is 13.9. The largest absolute Gasteiger partial charge is 0.493 e. The maximum Gasteiger partial charge on any atom is 0.223 e. The number of nitrogens with two attached hydrogens (primary N) is 1. The molecule has 0 saturated heterocycles. The Morgan fingerprint density at radius 3 is 2.82 bits per heavy atom. The Morgan fingerprint density at radius 2 is 2.09 bits per heavy atom. The zero-order valence-corrected chi connectivity index (χ0v) is 13.9. The van der Waals surface area contributed by atoms with E-state index in [9.17, 15) is 4.79 Å². The first-order valence-electron chi connectivity index (χ1n) is 8.21. The number of rotatable bonds is 6. The minimum absolute atomic E-state index is 0.0624. The van der Waals surface area contributed by atoms with Crippen molar-refractivity contribution in [2.75, 3.05) is 13.2 Å². The molecule has 4 heteroatoms. The number of hydrogen-bond acceptors (Lipinski definition) is 3. The van der Waals surface area contributed by atoms with Crippen molar-refractivity contribution >= 4 is 5.91 Å². The van der Waals surface area contributed by atoms with Crippen molar-refractivity contribution in [1.29, 1.82) is 0 Å². The molecule has 2 atom stereocenters. The second-order valence-corrected chi connectivity index (χ2v) is 6.40. The van der Waals surface area contributed by atoms with Gasteiger partial charge in [-0.1, -0.05) is 12.5 Å². The lowest BCUT2D eigenvalue weighted by Crippen LogP contribution is -2.40. The van der Waals surface area contributed by atoms with Crippen molar-refractivity contribution in [2.24, 2.45) is 11.7 Å². The highest BCUT2D eigenvalue weighted by atomic mass is 16.5. The summed E-state index contributed by atoms with van der Waals surface area (Å²) in [6.45, 7) is 7.25. The van der Waals surface area contributed by atoms with Gasteiger partial charge in [-0.25, -0.2) is 0 Å². The highest BCUT2D eigenvalue weighted by Gasteiger charge is 2.27. The molecular weight excluding hydrogens is 276 g/mol. The summed E-state index contributed by atoms with van der Waals surface area (Å²) in [5, 5.41) is 3.10. The summed E-state index contributed by atoms with van der Waals surface area (Å²) in [6.07, 6.45) is 3.72. The molecule has 0 heterocycles. The van der Waals surface area contributed by atoms with E-state index < -0.39 is 0 Å². The summed E-state index contributed by atoms with van der Waals surface area (Å²) in [7, 11) is 0. The van der Waals surface area contributed by atoms with E-state index in [-0.39, 0.29) is 11.9 Å². The van der Waals surface area contributed by atoms with Crippen LogP contribution in [0.3, 0.4) is 0 Å². The molecule has 4 nitrogen and oxygen atoms in total. The van der Waals surface area contributed by atoms with Gasteiger partial charge in [0.25, 0.3) is 0 Å². The molecule has 0 radical (unpaired) electrons. The monoisotopic (exact) mass is 304 g/mol. The lowest BCUT2D eigenvalue weighted by Gasteiger charge is -2.19. The van der Waals surface area contributed by atoms with Crippen molar-refractivity contribution < 1.29 is 9.53 Å². The number of amides is 1. The van der Waals surface area contributed by atoms with Crippen LogP contribution in [0.25, 0.3) is 0 Å². The quantitative estimate of drug-likeness (QED) is 0.849. The maximum atomic E-state index is 12.0. The highest BCUT2D eigenvalue weighted by molar-refractivity contribution is 5.76. The van der Waals surface area contributed by atoms with E-state index in [1.807, 2.05) is 6.07 Å². The van der Waals surface area contributed by atoms with Gasteiger partial charge in [-0.15, -0.1) is 0 Å². The van der Waals surface area contributed by atoms with Crippen LogP contribution < -0.4 is 15.8 Å². The van der Waals surface area contributed by atoms with Crippen LogP contribution in [-0.2, 0) is 4.79 Å². The summed E-state index contributed by atoms with van der Waals surface area (Å²) in [5.74, 6) is 1.38. The summed E-state index contributed by atoms with van der Waals surface area (Å²) in [6, 6.07) is 4.42. The lowest BCUT2D eigenvalue weighted by atomic mass is 10.0. The molecular formula is C18H28N2O2. The first-order valence-corrected chi connectivity index (χ1v) is 8.21. The number of aryl methyl sites for hydroxylation is 2. The molecule has 1 fully saturated rings. The number of hydrogen-bond donors (Lipinski definition) is 2. The van der Waals surface area contributed by atoms with Crippen molar-refractivity contribution in [3.63, 3.8) is 0 Å². The van der Waals surface area contributed by atoms with Gasteiger partial charge >= 0.3 is 0 Å². The third-order valence-electron chi connectivity index (χ3n) is 4.66. The van der Waals surface area contributed by atoms with Crippen LogP contribution >= 0.6 is 0 Å². The van der Waals surface area contributed by atoms with Gasteiger partial charge in [0.15, 0.2) is 0 Å². The molecule has 0 aliphatic heterocycles. The Kier molecular flexibility index (Phi) is 5.83. The van der Waals surface area contributed by atoms with E-state index in [1.54, 1.807) is 0 Å². The number of nitrogens with one attached hydrogen (secondary N) is 1. The number of carbonyl (C=O) groups is 1. The Bertz CT molecular complexity index is 528. The molecule has 2 rings (SSSR count). The predicted octanol–water partition coefficient (Wildman–Crippen LogP) is 2.62. The maximum absolute atomic E-state index is 12.0. The van der Waals surface area contributed by atoms with Crippen LogP contribution in [0.15, 0.2) is 12.1 Å². The molecule has 1 amide bonds. The fourth-order valence-electron chi connectivity index (χ4n) is 3.19. The number of carbonyl (C=O) groups excluding carboxylic acids is 1. The van der Waals surface area contributed by atoms with Crippen LogP contribution in [0.2, 0.25) is 0 Å². The summed E-state index contributed by atoms with van der Waals surface area (Å²) in [4.78, 5) is 12.0. The van der Waals surface area contributed by atoms with Gasteiger partial charge in [-0.05, 0) is 68.8 Å². The van der Waals surface area contributed by atoms with E-state index in [0.717, 1.165) is 30.6 Å². The van der Waals surface area contributed by atoms with Crippen LogP contribution in [0, 0.1) is 26.7 Å². The minimum Gasteiger partial charge on any atom is -0.493 e. The van der Waals surface area contributed by atoms with Crippen LogP contribution in [0.4, 0.5) is 0 Å². The molecule has 2 unspecified atom stereocenters. The van der Waals surface area contributed by atoms with Crippen LogP contribution in [0.1, 0.15) is 42.4 Å². The van der Waals surface area contributed by atoms with Gasteiger partial charge in [0.1, 0.15) is 5.75 Å². The Balaban J connectivity index is 1.80. The predicted molar refractivity (Wildman–Crippen MR) is 89.1 cm³/mol. The van der Waals surface area contributed by atoms with Gasteiger partial charge in [-0.2, -0.15) is 0 Å². The van der Waals surface area contributed by atoms with Gasteiger partial charge in [0, 0.05) is 6.04 Å². The molecule has 22 heavy (non-hydrogen) atoms. The molecule has 0 bridgehead atoms. The molecule has 1 aromatic carbocycles. The fraction of sp³-hybridized carbons (Fsp3) is 0.611. The Hall–Kier alpha value is -1.55.